The van der Waals surface area contributed by atoms with Crippen molar-refractivity contribution in [1.82, 2.24) is 0 Å². The van der Waals surface area contributed by atoms with Gasteiger partial charge in [-0.25, -0.2) is 0 Å². The monoisotopic (exact) mass is 329 g/mol. The fourth-order valence-corrected chi connectivity index (χ4v) is 2.28. The van der Waals surface area contributed by atoms with Gasteiger partial charge in [-0.2, -0.15) is 0 Å². The van der Waals surface area contributed by atoms with Crippen LogP contribution in [0.4, 0.5) is 0 Å². The molecular formula is C13H16BrNO4. The van der Waals surface area contributed by atoms with Crippen LogP contribution in [0, 0.1) is 0 Å². The van der Waals surface area contributed by atoms with Gasteiger partial charge in [-0.1, -0.05) is 0 Å². The molecule has 6 heteroatoms. The Morgan fingerprint density at radius 2 is 2.26 bits per heavy atom. The summed E-state index contributed by atoms with van der Waals surface area (Å²) in [5.74, 6) is 0.286. The normalized spacial score (nSPS) is 15.9. The van der Waals surface area contributed by atoms with Gasteiger partial charge in [0.25, 0.3) is 0 Å². The number of aliphatic carboxylic acids is 1. The number of nitrogens with two attached hydrogens (primary N) is 1. The summed E-state index contributed by atoms with van der Waals surface area (Å²) < 4.78 is 11.8. The quantitative estimate of drug-likeness (QED) is 0.837. The van der Waals surface area contributed by atoms with E-state index in [4.69, 9.17) is 20.3 Å². The molecule has 1 aliphatic carbocycles. The van der Waals surface area contributed by atoms with Crippen molar-refractivity contribution in [1.29, 1.82) is 0 Å². The first kappa shape index (κ1) is 14.1. The Morgan fingerprint density at radius 3 is 2.79 bits per heavy atom. The molecule has 1 aromatic rings. The number of rotatable bonds is 6. The van der Waals surface area contributed by atoms with E-state index in [0.29, 0.717) is 17.1 Å². The average molecular weight is 330 g/mol. The maximum atomic E-state index is 10.7. The number of carboxylic acids is 1. The highest BCUT2D eigenvalue weighted by Gasteiger charge is 2.27. The average Bonchev–Trinajstić information content (AvgIpc) is 3.14. The van der Waals surface area contributed by atoms with Crippen LogP contribution in [0.15, 0.2) is 16.6 Å². The van der Waals surface area contributed by atoms with E-state index in [2.05, 4.69) is 15.9 Å². The molecule has 0 radical (unpaired) electrons. The number of benzene rings is 1. The fourth-order valence-electron chi connectivity index (χ4n) is 1.73. The summed E-state index contributed by atoms with van der Waals surface area (Å²) in [4.78, 5) is 10.7. The molecule has 0 spiro atoms. The molecule has 0 aliphatic heterocycles. The Labute approximate surface area is 119 Å². The molecule has 19 heavy (non-hydrogen) atoms. The van der Waals surface area contributed by atoms with Crippen LogP contribution in [0.5, 0.6) is 11.5 Å². The molecule has 0 saturated heterocycles. The van der Waals surface area contributed by atoms with Crippen LogP contribution in [-0.2, 0) is 4.79 Å². The highest BCUT2D eigenvalue weighted by molar-refractivity contribution is 9.10. The van der Waals surface area contributed by atoms with Crippen molar-refractivity contribution in [3.8, 4) is 11.5 Å². The van der Waals surface area contributed by atoms with E-state index in [1.54, 1.807) is 19.2 Å². The van der Waals surface area contributed by atoms with Crippen molar-refractivity contribution < 1.29 is 19.4 Å². The molecule has 0 heterocycles. The van der Waals surface area contributed by atoms with E-state index in [0.717, 1.165) is 17.3 Å². The molecule has 1 aromatic carbocycles. The van der Waals surface area contributed by atoms with Gasteiger partial charge in [-0.05, 0) is 46.5 Å². The molecular weight excluding hydrogens is 314 g/mol. The Hall–Kier alpha value is -1.27. The molecule has 1 aliphatic rings. The molecule has 1 unspecified atom stereocenters. The molecule has 1 atom stereocenters. The SMILES string of the molecule is COc1cc(C(N)CC(=O)O)cc(Br)c1OC1CC1. The lowest BCUT2D eigenvalue weighted by molar-refractivity contribution is -0.137. The molecule has 0 bridgehead atoms. The third-order valence-corrected chi connectivity index (χ3v) is 3.47. The molecule has 104 valence electrons. The van der Waals surface area contributed by atoms with Gasteiger partial charge in [-0.3, -0.25) is 4.79 Å². The van der Waals surface area contributed by atoms with Gasteiger partial charge in [0.05, 0.1) is 24.1 Å². The first-order chi connectivity index (χ1) is 9.01. The molecule has 3 N–H and O–H groups in total. The summed E-state index contributed by atoms with van der Waals surface area (Å²) in [5.41, 5.74) is 6.56. The zero-order chi connectivity index (χ0) is 14.0. The smallest absolute Gasteiger partial charge is 0.305 e. The Kier molecular flexibility index (Phi) is 4.31. The van der Waals surface area contributed by atoms with Crippen molar-refractivity contribution in [2.75, 3.05) is 7.11 Å². The fraction of sp³-hybridized carbons (Fsp3) is 0.462. The Bertz CT molecular complexity index is 488. The zero-order valence-corrected chi connectivity index (χ0v) is 12.1. The lowest BCUT2D eigenvalue weighted by Crippen LogP contribution is -2.15. The minimum absolute atomic E-state index is 0.127. The second kappa shape index (κ2) is 5.79. The van der Waals surface area contributed by atoms with Crippen LogP contribution in [0.25, 0.3) is 0 Å². The summed E-state index contributed by atoms with van der Waals surface area (Å²) in [6, 6.07) is 2.95. The number of carbonyl (C=O) groups is 1. The highest BCUT2D eigenvalue weighted by Crippen LogP contribution is 2.41. The summed E-state index contributed by atoms with van der Waals surface area (Å²) in [5, 5.41) is 8.78. The van der Waals surface area contributed by atoms with Crippen LogP contribution in [0.1, 0.15) is 30.9 Å². The molecule has 0 aromatic heterocycles. The van der Waals surface area contributed by atoms with Crippen LogP contribution in [-0.4, -0.2) is 24.3 Å². The summed E-state index contributed by atoms with van der Waals surface area (Å²) in [7, 11) is 1.55. The first-order valence-corrected chi connectivity index (χ1v) is 6.82. The molecule has 5 nitrogen and oxygen atoms in total. The van der Waals surface area contributed by atoms with Gasteiger partial charge in [0, 0.05) is 6.04 Å². The van der Waals surface area contributed by atoms with E-state index >= 15 is 0 Å². The third-order valence-electron chi connectivity index (χ3n) is 2.88. The predicted octanol–water partition coefficient (Wildman–Crippen LogP) is 2.47. The van der Waals surface area contributed by atoms with Crippen molar-refractivity contribution in [3.63, 3.8) is 0 Å². The van der Waals surface area contributed by atoms with E-state index in [1.165, 1.54) is 0 Å². The standard InChI is InChI=1S/C13H16BrNO4/c1-18-11-5-7(10(15)6-12(16)17)4-9(14)13(11)19-8-2-3-8/h4-5,8,10H,2-3,6,15H2,1H3,(H,16,17). The maximum absolute atomic E-state index is 10.7. The summed E-state index contributed by atoms with van der Waals surface area (Å²) in [6.45, 7) is 0. The second-order valence-electron chi connectivity index (χ2n) is 4.56. The van der Waals surface area contributed by atoms with Gasteiger partial charge >= 0.3 is 5.97 Å². The van der Waals surface area contributed by atoms with Crippen LogP contribution >= 0.6 is 15.9 Å². The Balaban J connectivity index is 2.26. The van der Waals surface area contributed by atoms with Gasteiger partial charge in [0.15, 0.2) is 11.5 Å². The van der Waals surface area contributed by atoms with Gasteiger partial charge < -0.3 is 20.3 Å². The predicted molar refractivity (Wildman–Crippen MR) is 73.5 cm³/mol. The van der Waals surface area contributed by atoms with Crippen molar-refractivity contribution in [3.05, 3.63) is 22.2 Å². The minimum Gasteiger partial charge on any atom is -0.493 e. The molecule has 2 rings (SSSR count). The first-order valence-electron chi connectivity index (χ1n) is 6.02. The Morgan fingerprint density at radius 1 is 1.58 bits per heavy atom. The molecule has 0 amide bonds. The number of halogens is 1. The van der Waals surface area contributed by atoms with E-state index in [-0.39, 0.29) is 12.5 Å². The van der Waals surface area contributed by atoms with Gasteiger partial charge in [0.2, 0.25) is 0 Å². The number of methoxy groups -OCH3 is 1. The van der Waals surface area contributed by atoms with Crippen molar-refractivity contribution in [2.45, 2.75) is 31.4 Å². The largest absolute Gasteiger partial charge is 0.493 e. The topological polar surface area (TPSA) is 81.8 Å². The lowest BCUT2D eigenvalue weighted by atomic mass is 10.0. The van der Waals surface area contributed by atoms with Gasteiger partial charge in [0.1, 0.15) is 0 Å². The molecule has 1 fully saturated rings. The summed E-state index contributed by atoms with van der Waals surface area (Å²) >= 11 is 3.42. The van der Waals surface area contributed by atoms with E-state index in [1.807, 2.05) is 0 Å². The summed E-state index contributed by atoms with van der Waals surface area (Å²) in [6.07, 6.45) is 2.23. The highest BCUT2D eigenvalue weighted by atomic mass is 79.9. The number of hydrogen-bond donors (Lipinski definition) is 2. The molecule has 1 saturated carbocycles. The number of hydrogen-bond acceptors (Lipinski definition) is 4. The number of ether oxygens (including phenoxy) is 2. The van der Waals surface area contributed by atoms with E-state index < -0.39 is 12.0 Å². The maximum Gasteiger partial charge on any atom is 0.305 e. The van der Waals surface area contributed by atoms with Crippen LogP contribution in [0.2, 0.25) is 0 Å². The van der Waals surface area contributed by atoms with Crippen LogP contribution in [0.3, 0.4) is 0 Å². The van der Waals surface area contributed by atoms with E-state index in [9.17, 15) is 4.79 Å². The third kappa shape index (κ3) is 3.61. The number of carboxylic acid groups (broad SMARTS) is 1. The lowest BCUT2D eigenvalue weighted by Gasteiger charge is -2.16. The minimum atomic E-state index is -0.930. The van der Waals surface area contributed by atoms with Gasteiger partial charge in [-0.15, -0.1) is 0 Å². The van der Waals surface area contributed by atoms with Crippen molar-refractivity contribution in [2.24, 2.45) is 5.73 Å². The zero-order valence-electron chi connectivity index (χ0n) is 10.6. The second-order valence-corrected chi connectivity index (χ2v) is 5.41. The van der Waals surface area contributed by atoms with Crippen molar-refractivity contribution >= 4 is 21.9 Å². The van der Waals surface area contributed by atoms with Crippen LogP contribution < -0.4 is 15.2 Å².